The highest BCUT2D eigenvalue weighted by atomic mass is 16.1. The van der Waals surface area contributed by atoms with Gasteiger partial charge in [-0.3, -0.25) is 4.79 Å². The zero-order chi connectivity index (χ0) is 15.0. The molecule has 1 saturated heterocycles. The van der Waals surface area contributed by atoms with Crippen LogP contribution in [0.3, 0.4) is 0 Å². The smallest absolute Gasteiger partial charge is 0.221 e. The standard InChI is InChI=1S/C15H32N4O/c1-15(2,3)17-8-6-14(20)16-7-5-9-19-12-10-18(4)11-13-19/h17H,5-13H2,1-4H3,(H,16,20). The zero-order valence-electron chi connectivity index (χ0n) is 13.7. The van der Waals surface area contributed by atoms with Crippen molar-refractivity contribution in [1.82, 2.24) is 20.4 Å². The summed E-state index contributed by atoms with van der Waals surface area (Å²) in [5.74, 6) is 0.153. The first kappa shape index (κ1) is 17.4. The van der Waals surface area contributed by atoms with Gasteiger partial charge in [0.15, 0.2) is 0 Å². The fourth-order valence-electron chi connectivity index (χ4n) is 2.24. The van der Waals surface area contributed by atoms with Crippen LogP contribution in [0.2, 0.25) is 0 Å². The normalized spacial score (nSPS) is 18.2. The Kier molecular flexibility index (Phi) is 7.48. The van der Waals surface area contributed by atoms with Gasteiger partial charge in [0, 0.05) is 51.2 Å². The maximum absolute atomic E-state index is 11.7. The quantitative estimate of drug-likeness (QED) is 0.669. The van der Waals surface area contributed by atoms with Gasteiger partial charge in [-0.15, -0.1) is 0 Å². The number of nitrogens with zero attached hydrogens (tertiary/aromatic N) is 2. The van der Waals surface area contributed by atoms with E-state index in [9.17, 15) is 4.79 Å². The minimum absolute atomic E-state index is 0.0850. The summed E-state index contributed by atoms with van der Waals surface area (Å²) in [6.07, 6.45) is 1.61. The lowest BCUT2D eigenvalue weighted by atomic mass is 10.1. The highest BCUT2D eigenvalue weighted by Crippen LogP contribution is 2.00. The summed E-state index contributed by atoms with van der Waals surface area (Å²) in [6.45, 7) is 13.6. The summed E-state index contributed by atoms with van der Waals surface area (Å²) in [4.78, 5) is 16.5. The van der Waals surface area contributed by atoms with Gasteiger partial charge < -0.3 is 20.4 Å². The number of amides is 1. The van der Waals surface area contributed by atoms with Crippen LogP contribution >= 0.6 is 0 Å². The van der Waals surface area contributed by atoms with Crippen LogP contribution in [0, 0.1) is 0 Å². The maximum atomic E-state index is 11.7. The first-order valence-corrected chi connectivity index (χ1v) is 7.79. The van der Waals surface area contributed by atoms with Gasteiger partial charge in [-0.2, -0.15) is 0 Å². The molecule has 0 unspecified atom stereocenters. The van der Waals surface area contributed by atoms with E-state index in [4.69, 9.17) is 0 Å². The molecule has 0 aromatic heterocycles. The van der Waals surface area contributed by atoms with Gasteiger partial charge >= 0.3 is 0 Å². The van der Waals surface area contributed by atoms with Gasteiger partial charge in [0.25, 0.3) is 0 Å². The van der Waals surface area contributed by atoms with E-state index in [1.165, 1.54) is 0 Å². The van der Waals surface area contributed by atoms with E-state index in [-0.39, 0.29) is 11.4 Å². The van der Waals surface area contributed by atoms with Gasteiger partial charge in [0.1, 0.15) is 0 Å². The lowest BCUT2D eigenvalue weighted by Gasteiger charge is -2.32. The number of rotatable bonds is 7. The monoisotopic (exact) mass is 284 g/mol. The largest absolute Gasteiger partial charge is 0.356 e. The molecule has 0 bridgehead atoms. The Bertz CT molecular complexity index is 280. The average molecular weight is 284 g/mol. The third kappa shape index (κ3) is 8.51. The summed E-state index contributed by atoms with van der Waals surface area (Å²) in [5, 5.41) is 6.33. The highest BCUT2D eigenvalue weighted by Gasteiger charge is 2.13. The second-order valence-corrected chi connectivity index (χ2v) is 6.78. The van der Waals surface area contributed by atoms with E-state index in [2.05, 4.69) is 48.3 Å². The van der Waals surface area contributed by atoms with Crippen LogP contribution in [0.1, 0.15) is 33.6 Å². The van der Waals surface area contributed by atoms with Crippen LogP contribution in [0.25, 0.3) is 0 Å². The molecule has 0 atom stereocenters. The number of carbonyl (C=O) groups excluding carboxylic acids is 1. The molecule has 118 valence electrons. The molecule has 20 heavy (non-hydrogen) atoms. The molecule has 2 N–H and O–H groups in total. The van der Waals surface area contributed by atoms with Gasteiger partial charge in [-0.05, 0) is 40.8 Å². The number of nitrogens with one attached hydrogen (secondary N) is 2. The van der Waals surface area contributed by atoms with E-state index in [1.807, 2.05) is 0 Å². The number of hydrogen-bond donors (Lipinski definition) is 2. The van der Waals surface area contributed by atoms with E-state index in [1.54, 1.807) is 0 Å². The molecular formula is C15H32N4O. The summed E-state index contributed by atoms with van der Waals surface area (Å²) < 4.78 is 0. The third-order valence-electron chi connectivity index (χ3n) is 3.58. The molecule has 0 saturated carbocycles. The van der Waals surface area contributed by atoms with Crippen molar-refractivity contribution in [2.75, 3.05) is 52.9 Å². The zero-order valence-corrected chi connectivity index (χ0v) is 13.7. The van der Waals surface area contributed by atoms with Crippen molar-refractivity contribution in [2.45, 2.75) is 39.2 Å². The third-order valence-corrected chi connectivity index (χ3v) is 3.58. The maximum Gasteiger partial charge on any atom is 0.221 e. The molecule has 0 radical (unpaired) electrons. The average Bonchev–Trinajstić information content (AvgIpc) is 2.35. The molecule has 5 heteroatoms. The predicted octanol–water partition coefficient (Wildman–Crippen LogP) is 0.518. The van der Waals surface area contributed by atoms with Gasteiger partial charge in [-0.1, -0.05) is 0 Å². The van der Waals surface area contributed by atoms with Crippen LogP contribution in [-0.2, 0) is 4.79 Å². The van der Waals surface area contributed by atoms with Gasteiger partial charge in [-0.25, -0.2) is 0 Å². The topological polar surface area (TPSA) is 47.6 Å². The molecule has 1 rings (SSSR count). The lowest BCUT2D eigenvalue weighted by molar-refractivity contribution is -0.121. The van der Waals surface area contributed by atoms with Crippen LogP contribution in [-0.4, -0.2) is 74.1 Å². The second-order valence-electron chi connectivity index (χ2n) is 6.78. The number of hydrogen-bond acceptors (Lipinski definition) is 4. The van der Waals surface area contributed by atoms with Crippen molar-refractivity contribution in [3.8, 4) is 0 Å². The van der Waals surface area contributed by atoms with Crippen LogP contribution in [0.5, 0.6) is 0 Å². The molecule has 1 fully saturated rings. The van der Waals surface area contributed by atoms with E-state index in [0.717, 1.165) is 52.2 Å². The molecule has 1 heterocycles. The Labute approximate surface area is 124 Å². The molecule has 0 aliphatic carbocycles. The van der Waals surface area contributed by atoms with Crippen LogP contribution in [0.15, 0.2) is 0 Å². The molecule has 1 aliphatic heterocycles. The first-order chi connectivity index (χ1) is 9.37. The van der Waals surface area contributed by atoms with Crippen molar-refractivity contribution in [3.63, 3.8) is 0 Å². The molecule has 1 amide bonds. The molecule has 5 nitrogen and oxygen atoms in total. The van der Waals surface area contributed by atoms with Crippen molar-refractivity contribution < 1.29 is 4.79 Å². The summed E-state index contributed by atoms with van der Waals surface area (Å²) in [5.41, 5.74) is 0.0850. The lowest BCUT2D eigenvalue weighted by Crippen LogP contribution is -2.45. The molecule has 0 aromatic carbocycles. The summed E-state index contributed by atoms with van der Waals surface area (Å²) >= 11 is 0. The van der Waals surface area contributed by atoms with E-state index >= 15 is 0 Å². The fraction of sp³-hybridized carbons (Fsp3) is 0.933. The molecular weight excluding hydrogens is 252 g/mol. The van der Waals surface area contributed by atoms with E-state index in [0.29, 0.717) is 6.42 Å². The minimum atomic E-state index is 0.0850. The number of piperazine rings is 1. The Morgan fingerprint density at radius 1 is 1.10 bits per heavy atom. The number of carbonyl (C=O) groups is 1. The second kappa shape index (κ2) is 8.60. The summed E-state index contributed by atoms with van der Waals surface area (Å²) in [6, 6.07) is 0. The molecule has 0 spiro atoms. The van der Waals surface area contributed by atoms with E-state index < -0.39 is 0 Å². The van der Waals surface area contributed by atoms with Crippen molar-refractivity contribution in [2.24, 2.45) is 0 Å². The van der Waals surface area contributed by atoms with Crippen LogP contribution < -0.4 is 10.6 Å². The van der Waals surface area contributed by atoms with Crippen molar-refractivity contribution in [1.29, 1.82) is 0 Å². The number of likely N-dealkylation sites (N-methyl/N-ethyl adjacent to an activating group) is 1. The van der Waals surface area contributed by atoms with Crippen molar-refractivity contribution >= 4 is 5.91 Å². The Hall–Kier alpha value is -0.650. The van der Waals surface area contributed by atoms with Gasteiger partial charge in [0.05, 0.1) is 0 Å². The van der Waals surface area contributed by atoms with Crippen molar-refractivity contribution in [3.05, 3.63) is 0 Å². The van der Waals surface area contributed by atoms with Crippen LogP contribution in [0.4, 0.5) is 0 Å². The Morgan fingerprint density at radius 3 is 2.35 bits per heavy atom. The minimum Gasteiger partial charge on any atom is -0.356 e. The Balaban J connectivity index is 1.96. The highest BCUT2D eigenvalue weighted by molar-refractivity contribution is 5.75. The Morgan fingerprint density at radius 2 is 1.75 bits per heavy atom. The first-order valence-electron chi connectivity index (χ1n) is 7.79. The summed E-state index contributed by atoms with van der Waals surface area (Å²) in [7, 11) is 2.17. The SMILES string of the molecule is CN1CCN(CCCNC(=O)CCNC(C)(C)C)CC1. The molecule has 1 aliphatic rings. The fourth-order valence-corrected chi connectivity index (χ4v) is 2.24. The van der Waals surface area contributed by atoms with Gasteiger partial charge in [0.2, 0.25) is 5.91 Å². The predicted molar refractivity (Wildman–Crippen MR) is 83.9 cm³/mol. The molecule has 0 aromatic rings.